The lowest BCUT2D eigenvalue weighted by atomic mass is 10.1. The highest BCUT2D eigenvalue weighted by Gasteiger charge is 2.28. The van der Waals surface area contributed by atoms with Gasteiger partial charge in [0.2, 0.25) is 5.91 Å². The second-order valence-corrected chi connectivity index (χ2v) is 10.1. The first-order valence-corrected chi connectivity index (χ1v) is 12.1. The Hall–Kier alpha value is -3.39. The average molecular weight is 496 g/mol. The maximum atomic E-state index is 13.0. The number of nitrogens with zero attached hydrogens (tertiary/aromatic N) is 4. The van der Waals surface area contributed by atoms with Crippen LogP contribution < -0.4 is 5.32 Å². The number of aromatic nitrogens is 3. The van der Waals surface area contributed by atoms with Crippen LogP contribution >= 0.6 is 11.6 Å². The number of halogens is 1. The number of amides is 2. The summed E-state index contributed by atoms with van der Waals surface area (Å²) in [6, 6.07) is 11.1. The van der Waals surface area contributed by atoms with Crippen molar-refractivity contribution in [1.29, 1.82) is 0 Å². The molecule has 0 unspecified atom stereocenters. The molecule has 35 heavy (non-hydrogen) atoms. The molecule has 3 aromatic rings. The van der Waals surface area contributed by atoms with Gasteiger partial charge >= 0.3 is 6.09 Å². The summed E-state index contributed by atoms with van der Waals surface area (Å²) in [5.41, 5.74) is 2.84. The molecule has 9 heteroatoms. The maximum Gasteiger partial charge on any atom is 0.410 e. The van der Waals surface area contributed by atoms with Crippen molar-refractivity contribution >= 4 is 23.6 Å². The third-order valence-electron chi connectivity index (χ3n) is 5.66. The van der Waals surface area contributed by atoms with Gasteiger partial charge in [-0.25, -0.2) is 9.78 Å². The fourth-order valence-corrected chi connectivity index (χ4v) is 4.27. The van der Waals surface area contributed by atoms with E-state index in [1.54, 1.807) is 23.6 Å². The Kier molecular flexibility index (Phi) is 7.40. The predicted molar refractivity (Wildman–Crippen MR) is 135 cm³/mol. The van der Waals surface area contributed by atoms with E-state index < -0.39 is 5.60 Å². The van der Waals surface area contributed by atoms with Crippen molar-refractivity contribution in [2.75, 3.05) is 13.1 Å². The van der Waals surface area contributed by atoms with Crippen LogP contribution in [0, 0.1) is 0 Å². The molecule has 1 aromatic carbocycles. The lowest BCUT2D eigenvalue weighted by molar-refractivity contribution is -0.122. The molecule has 3 heterocycles. The fourth-order valence-electron chi connectivity index (χ4n) is 4.15. The van der Waals surface area contributed by atoms with Crippen molar-refractivity contribution in [1.82, 2.24) is 24.8 Å². The van der Waals surface area contributed by atoms with Gasteiger partial charge in [0.15, 0.2) is 0 Å². The van der Waals surface area contributed by atoms with E-state index in [0.717, 1.165) is 35.4 Å². The molecule has 1 fully saturated rings. The number of hydrogen-bond donors (Lipinski definition) is 1. The third kappa shape index (κ3) is 6.39. The van der Waals surface area contributed by atoms with Crippen LogP contribution in [0.5, 0.6) is 0 Å². The second kappa shape index (κ2) is 10.5. The highest BCUT2D eigenvalue weighted by Crippen LogP contribution is 2.31. The lowest BCUT2D eigenvalue weighted by Crippen LogP contribution is -2.51. The molecule has 1 aliphatic heterocycles. The first-order chi connectivity index (χ1) is 16.7. The molecule has 0 radical (unpaired) electrons. The molecule has 0 saturated carbocycles. The van der Waals surface area contributed by atoms with Crippen molar-refractivity contribution in [2.45, 2.75) is 51.8 Å². The van der Waals surface area contributed by atoms with Crippen molar-refractivity contribution in [3.05, 3.63) is 60.1 Å². The Bertz CT molecular complexity index is 1170. The van der Waals surface area contributed by atoms with Crippen molar-refractivity contribution in [3.8, 4) is 22.5 Å². The number of carbonyl (C=O) groups is 2. The summed E-state index contributed by atoms with van der Waals surface area (Å²) >= 11 is 6.06. The van der Waals surface area contributed by atoms with E-state index in [9.17, 15) is 9.59 Å². The van der Waals surface area contributed by atoms with E-state index in [4.69, 9.17) is 16.3 Å². The fraction of sp³-hybridized carbons (Fsp3) is 0.385. The van der Waals surface area contributed by atoms with Gasteiger partial charge in [0.1, 0.15) is 12.1 Å². The van der Waals surface area contributed by atoms with E-state index >= 15 is 0 Å². The minimum atomic E-state index is -0.556. The first kappa shape index (κ1) is 24.7. The van der Waals surface area contributed by atoms with Crippen LogP contribution in [0.3, 0.4) is 0 Å². The van der Waals surface area contributed by atoms with Crippen LogP contribution in [0.1, 0.15) is 33.6 Å². The number of imidazole rings is 1. The molecule has 2 aromatic heterocycles. The minimum Gasteiger partial charge on any atom is -0.444 e. The number of benzene rings is 1. The Morgan fingerprint density at radius 3 is 2.51 bits per heavy atom. The molecule has 1 N–H and O–H groups in total. The van der Waals surface area contributed by atoms with Gasteiger partial charge < -0.3 is 19.5 Å². The molecule has 184 valence electrons. The van der Waals surface area contributed by atoms with Crippen molar-refractivity contribution in [3.63, 3.8) is 0 Å². The number of likely N-dealkylation sites (tertiary alicyclic amines) is 1. The lowest BCUT2D eigenvalue weighted by Gasteiger charge is -2.34. The number of rotatable bonds is 5. The van der Waals surface area contributed by atoms with Crippen LogP contribution in [0.4, 0.5) is 4.79 Å². The third-order valence-corrected chi connectivity index (χ3v) is 5.91. The number of nitrogens with one attached hydrogen (secondary N) is 1. The Labute approximate surface area is 210 Å². The number of ether oxygens (including phenoxy) is 1. The standard InChI is InChI=1S/C26H30ClN5O3/c1-26(2,3)35-25(34)31-14-4-5-21(15-31)30-22(33)16-32-17-29-23(18-6-8-20(27)9-7-18)24(32)19-10-12-28-13-11-19/h6-13,17,21H,4-5,14-16H2,1-3H3,(H,30,33)/t21-/m1/s1. The molecule has 1 saturated heterocycles. The van der Waals surface area contributed by atoms with Gasteiger partial charge in [-0.2, -0.15) is 0 Å². The molecule has 0 aliphatic carbocycles. The van der Waals surface area contributed by atoms with Crippen molar-refractivity contribution < 1.29 is 14.3 Å². The molecular weight excluding hydrogens is 466 g/mol. The zero-order valence-electron chi connectivity index (χ0n) is 20.2. The zero-order chi connectivity index (χ0) is 25.0. The smallest absolute Gasteiger partial charge is 0.410 e. The number of piperidine rings is 1. The zero-order valence-corrected chi connectivity index (χ0v) is 21.0. The van der Waals surface area contributed by atoms with E-state index in [-0.39, 0.29) is 24.6 Å². The highest BCUT2D eigenvalue weighted by molar-refractivity contribution is 6.30. The molecular formula is C26H30ClN5O3. The molecule has 1 aliphatic rings. The van der Waals surface area contributed by atoms with Crippen LogP contribution in [-0.2, 0) is 16.1 Å². The first-order valence-electron chi connectivity index (χ1n) is 11.7. The summed E-state index contributed by atoms with van der Waals surface area (Å²) in [7, 11) is 0. The number of pyridine rings is 1. The molecule has 0 bridgehead atoms. The van der Waals surface area contributed by atoms with E-state index in [1.807, 2.05) is 61.7 Å². The Morgan fingerprint density at radius 1 is 1.11 bits per heavy atom. The topological polar surface area (TPSA) is 89.4 Å². The molecule has 4 rings (SSSR count). The summed E-state index contributed by atoms with van der Waals surface area (Å²) in [4.78, 5) is 35.9. The van der Waals surface area contributed by atoms with Gasteiger partial charge in [-0.05, 0) is 57.9 Å². The van der Waals surface area contributed by atoms with Gasteiger partial charge in [-0.3, -0.25) is 9.78 Å². The minimum absolute atomic E-state index is 0.0984. The van der Waals surface area contributed by atoms with Crippen LogP contribution in [-0.4, -0.2) is 56.2 Å². The molecule has 2 amide bonds. The van der Waals surface area contributed by atoms with Gasteiger partial charge in [0.25, 0.3) is 0 Å². The Morgan fingerprint density at radius 2 is 1.83 bits per heavy atom. The van der Waals surface area contributed by atoms with E-state index in [0.29, 0.717) is 18.1 Å². The summed E-state index contributed by atoms with van der Waals surface area (Å²) in [5.74, 6) is -0.142. The monoisotopic (exact) mass is 495 g/mol. The van der Waals surface area contributed by atoms with Crippen molar-refractivity contribution in [2.24, 2.45) is 0 Å². The number of carbonyl (C=O) groups excluding carboxylic acids is 2. The van der Waals surface area contributed by atoms with Gasteiger partial charge in [-0.1, -0.05) is 23.7 Å². The predicted octanol–water partition coefficient (Wildman–Crippen LogP) is 4.78. The maximum absolute atomic E-state index is 13.0. The summed E-state index contributed by atoms with van der Waals surface area (Å²) in [5, 5.41) is 3.73. The van der Waals surface area contributed by atoms with Crippen LogP contribution in [0.2, 0.25) is 5.02 Å². The van der Waals surface area contributed by atoms with Crippen LogP contribution in [0.25, 0.3) is 22.5 Å². The largest absolute Gasteiger partial charge is 0.444 e. The molecule has 0 spiro atoms. The average Bonchev–Trinajstić information content (AvgIpc) is 3.22. The van der Waals surface area contributed by atoms with E-state index in [1.165, 1.54) is 0 Å². The molecule has 8 nitrogen and oxygen atoms in total. The summed E-state index contributed by atoms with van der Waals surface area (Å²) < 4.78 is 7.33. The quantitative estimate of drug-likeness (QED) is 0.550. The Balaban J connectivity index is 1.49. The summed E-state index contributed by atoms with van der Waals surface area (Å²) in [6.45, 7) is 6.69. The molecule has 1 atom stereocenters. The van der Waals surface area contributed by atoms with Gasteiger partial charge in [-0.15, -0.1) is 0 Å². The van der Waals surface area contributed by atoms with Gasteiger partial charge in [0, 0.05) is 47.7 Å². The van der Waals surface area contributed by atoms with Gasteiger partial charge in [0.05, 0.1) is 17.7 Å². The normalized spacial score (nSPS) is 16.1. The number of hydrogen-bond acceptors (Lipinski definition) is 5. The summed E-state index contributed by atoms with van der Waals surface area (Å²) in [6.07, 6.45) is 6.36. The SMILES string of the molecule is CC(C)(C)OC(=O)N1CCC[C@@H](NC(=O)Cn2cnc(-c3ccc(Cl)cc3)c2-c2ccncc2)C1. The highest BCUT2D eigenvalue weighted by atomic mass is 35.5. The second-order valence-electron chi connectivity index (χ2n) is 9.65. The van der Waals surface area contributed by atoms with E-state index in [2.05, 4.69) is 15.3 Å². The van der Waals surface area contributed by atoms with Crippen LogP contribution in [0.15, 0.2) is 55.1 Å².